The lowest BCUT2D eigenvalue weighted by Crippen LogP contribution is -2.28. The first kappa shape index (κ1) is 15.8. The van der Waals surface area contributed by atoms with Gasteiger partial charge in [0.2, 0.25) is 5.91 Å². The Bertz CT molecular complexity index is 709. The van der Waals surface area contributed by atoms with Gasteiger partial charge in [-0.25, -0.2) is 4.39 Å². The topological polar surface area (TPSA) is 20.3 Å². The number of halogens is 2. The predicted octanol–water partition coefficient (Wildman–Crippen LogP) is 4.86. The molecular weight excluding hydrogens is 313 g/mol. The molecule has 2 nitrogen and oxygen atoms in total. The SMILES string of the molecule is O=C(/C=C/c1c(F)cccc1Cl)N1CCCC1c1ccccc1. The van der Waals surface area contributed by atoms with Gasteiger partial charge in [0, 0.05) is 18.2 Å². The summed E-state index contributed by atoms with van der Waals surface area (Å²) in [6.07, 6.45) is 4.79. The second kappa shape index (κ2) is 6.97. The van der Waals surface area contributed by atoms with E-state index >= 15 is 0 Å². The molecular formula is C19H17ClFNO. The van der Waals surface area contributed by atoms with Crippen molar-refractivity contribution >= 4 is 23.6 Å². The van der Waals surface area contributed by atoms with Gasteiger partial charge in [-0.15, -0.1) is 0 Å². The van der Waals surface area contributed by atoms with E-state index in [-0.39, 0.29) is 17.5 Å². The highest BCUT2D eigenvalue weighted by Gasteiger charge is 2.28. The molecule has 23 heavy (non-hydrogen) atoms. The minimum Gasteiger partial charge on any atom is -0.332 e. The number of carbonyl (C=O) groups excluding carboxylic acids is 1. The van der Waals surface area contributed by atoms with Gasteiger partial charge in [0.1, 0.15) is 5.82 Å². The lowest BCUT2D eigenvalue weighted by atomic mass is 10.0. The molecule has 0 aromatic heterocycles. The summed E-state index contributed by atoms with van der Waals surface area (Å²) in [5.74, 6) is -0.543. The fourth-order valence-electron chi connectivity index (χ4n) is 2.97. The zero-order chi connectivity index (χ0) is 16.2. The summed E-state index contributed by atoms with van der Waals surface area (Å²) >= 11 is 5.98. The van der Waals surface area contributed by atoms with Crippen LogP contribution in [0, 0.1) is 5.82 Å². The molecule has 0 spiro atoms. The Labute approximate surface area is 140 Å². The van der Waals surface area contributed by atoms with E-state index in [4.69, 9.17) is 11.6 Å². The fraction of sp³-hybridized carbons (Fsp3) is 0.211. The second-order valence-corrected chi connectivity index (χ2v) is 5.98. The van der Waals surface area contributed by atoms with Crippen molar-refractivity contribution in [3.05, 3.63) is 76.6 Å². The number of carbonyl (C=O) groups is 1. The predicted molar refractivity (Wildman–Crippen MR) is 90.6 cm³/mol. The second-order valence-electron chi connectivity index (χ2n) is 5.57. The van der Waals surface area contributed by atoms with Gasteiger partial charge in [-0.2, -0.15) is 0 Å². The number of hydrogen-bond donors (Lipinski definition) is 0. The number of nitrogens with zero attached hydrogens (tertiary/aromatic N) is 1. The molecule has 2 aromatic rings. The summed E-state index contributed by atoms with van der Waals surface area (Å²) in [6, 6.07) is 14.6. The van der Waals surface area contributed by atoms with E-state index in [1.165, 1.54) is 18.2 Å². The van der Waals surface area contributed by atoms with E-state index in [2.05, 4.69) is 0 Å². The van der Waals surface area contributed by atoms with Gasteiger partial charge in [0.15, 0.2) is 0 Å². The largest absolute Gasteiger partial charge is 0.332 e. The van der Waals surface area contributed by atoms with Crippen molar-refractivity contribution in [1.29, 1.82) is 0 Å². The minimum absolute atomic E-state index is 0.0874. The average Bonchev–Trinajstić information content (AvgIpc) is 3.05. The Morgan fingerprint density at radius 2 is 1.96 bits per heavy atom. The zero-order valence-electron chi connectivity index (χ0n) is 12.6. The molecule has 1 heterocycles. The van der Waals surface area contributed by atoms with Gasteiger partial charge in [-0.05, 0) is 36.6 Å². The lowest BCUT2D eigenvalue weighted by molar-refractivity contribution is -0.126. The third kappa shape index (κ3) is 3.45. The van der Waals surface area contributed by atoms with Crippen molar-refractivity contribution in [2.45, 2.75) is 18.9 Å². The zero-order valence-corrected chi connectivity index (χ0v) is 13.3. The molecule has 2 aromatic carbocycles. The van der Waals surface area contributed by atoms with Crippen molar-refractivity contribution in [2.24, 2.45) is 0 Å². The standard InChI is InChI=1S/C19H17ClFNO/c20-16-8-4-9-17(21)15(16)11-12-19(23)22-13-5-10-18(22)14-6-2-1-3-7-14/h1-4,6-9,11-12,18H,5,10,13H2/b12-11+. The first-order valence-corrected chi connectivity index (χ1v) is 8.02. The Hall–Kier alpha value is -2.13. The molecule has 0 aliphatic carbocycles. The van der Waals surface area contributed by atoms with Crippen LogP contribution in [0.2, 0.25) is 5.02 Å². The van der Waals surface area contributed by atoms with Gasteiger partial charge >= 0.3 is 0 Å². The molecule has 0 bridgehead atoms. The fourth-order valence-corrected chi connectivity index (χ4v) is 3.20. The third-order valence-corrected chi connectivity index (χ3v) is 4.44. The highest BCUT2D eigenvalue weighted by Crippen LogP contribution is 2.32. The van der Waals surface area contributed by atoms with Crippen LogP contribution < -0.4 is 0 Å². The number of benzene rings is 2. The third-order valence-electron chi connectivity index (χ3n) is 4.11. The van der Waals surface area contributed by atoms with Crippen LogP contribution in [0.25, 0.3) is 6.08 Å². The van der Waals surface area contributed by atoms with E-state index in [9.17, 15) is 9.18 Å². The minimum atomic E-state index is -0.428. The number of hydrogen-bond acceptors (Lipinski definition) is 1. The molecule has 1 fully saturated rings. The molecule has 1 amide bonds. The van der Waals surface area contributed by atoms with E-state index in [1.807, 2.05) is 35.2 Å². The van der Waals surface area contributed by atoms with Crippen LogP contribution in [0.15, 0.2) is 54.6 Å². The Morgan fingerprint density at radius 3 is 2.70 bits per heavy atom. The molecule has 1 aliphatic rings. The average molecular weight is 330 g/mol. The molecule has 1 atom stereocenters. The van der Waals surface area contributed by atoms with E-state index in [0.29, 0.717) is 11.6 Å². The molecule has 0 saturated carbocycles. The van der Waals surface area contributed by atoms with Crippen LogP contribution in [0.1, 0.15) is 30.0 Å². The quantitative estimate of drug-likeness (QED) is 0.737. The van der Waals surface area contributed by atoms with Gasteiger partial charge in [-0.1, -0.05) is 48.0 Å². The highest BCUT2D eigenvalue weighted by molar-refractivity contribution is 6.32. The summed E-state index contributed by atoms with van der Waals surface area (Å²) in [4.78, 5) is 14.3. The Morgan fingerprint density at radius 1 is 1.17 bits per heavy atom. The van der Waals surface area contributed by atoms with Crippen LogP contribution in [0.5, 0.6) is 0 Å². The Balaban J connectivity index is 1.79. The van der Waals surface area contributed by atoms with Crippen molar-refractivity contribution in [3.8, 4) is 0 Å². The molecule has 0 radical (unpaired) electrons. The number of amides is 1. The molecule has 1 saturated heterocycles. The van der Waals surface area contributed by atoms with Crippen molar-refractivity contribution in [2.75, 3.05) is 6.54 Å². The summed E-state index contributed by atoms with van der Waals surface area (Å²) in [7, 11) is 0. The van der Waals surface area contributed by atoms with Crippen LogP contribution in [0.4, 0.5) is 4.39 Å². The summed E-state index contributed by atoms with van der Waals surface area (Å²) in [5.41, 5.74) is 1.38. The maximum atomic E-state index is 13.8. The van der Waals surface area contributed by atoms with Gasteiger partial charge in [0.25, 0.3) is 0 Å². The van der Waals surface area contributed by atoms with E-state index in [0.717, 1.165) is 18.4 Å². The molecule has 1 unspecified atom stereocenters. The van der Waals surface area contributed by atoms with Gasteiger partial charge < -0.3 is 4.90 Å². The highest BCUT2D eigenvalue weighted by atomic mass is 35.5. The van der Waals surface area contributed by atoms with Crippen LogP contribution >= 0.6 is 11.6 Å². The summed E-state index contributed by atoms with van der Waals surface area (Å²) in [6.45, 7) is 0.716. The van der Waals surface area contributed by atoms with Gasteiger partial charge in [-0.3, -0.25) is 4.79 Å². The maximum Gasteiger partial charge on any atom is 0.247 e. The van der Waals surface area contributed by atoms with Gasteiger partial charge in [0.05, 0.1) is 11.1 Å². The lowest BCUT2D eigenvalue weighted by Gasteiger charge is -2.23. The van der Waals surface area contributed by atoms with Crippen molar-refractivity contribution < 1.29 is 9.18 Å². The van der Waals surface area contributed by atoms with E-state index < -0.39 is 5.82 Å². The molecule has 0 N–H and O–H groups in total. The molecule has 118 valence electrons. The van der Waals surface area contributed by atoms with E-state index in [1.54, 1.807) is 12.1 Å². The molecule has 1 aliphatic heterocycles. The van der Waals surface area contributed by atoms with Crippen molar-refractivity contribution in [3.63, 3.8) is 0 Å². The first-order valence-electron chi connectivity index (χ1n) is 7.64. The van der Waals surface area contributed by atoms with Crippen LogP contribution in [-0.4, -0.2) is 17.4 Å². The molecule has 3 rings (SSSR count). The van der Waals surface area contributed by atoms with Crippen LogP contribution in [-0.2, 0) is 4.79 Å². The van der Waals surface area contributed by atoms with Crippen molar-refractivity contribution in [1.82, 2.24) is 4.90 Å². The monoisotopic (exact) mass is 329 g/mol. The smallest absolute Gasteiger partial charge is 0.247 e. The number of rotatable bonds is 3. The number of likely N-dealkylation sites (tertiary alicyclic amines) is 1. The Kier molecular flexibility index (Phi) is 4.77. The first-order chi connectivity index (χ1) is 11.2. The van der Waals surface area contributed by atoms with Crippen LogP contribution in [0.3, 0.4) is 0 Å². The maximum absolute atomic E-state index is 13.8. The summed E-state index contributed by atoms with van der Waals surface area (Å²) < 4.78 is 13.8. The molecule has 4 heteroatoms. The normalized spacial score (nSPS) is 17.8. The summed E-state index contributed by atoms with van der Waals surface area (Å²) in [5, 5.41) is 0.301.